The Kier molecular flexibility index (Phi) is 5.73. The smallest absolute Gasteiger partial charge is 0.243 e. The van der Waals surface area contributed by atoms with Gasteiger partial charge < -0.3 is 14.4 Å². The van der Waals surface area contributed by atoms with Gasteiger partial charge in [0.1, 0.15) is 0 Å². The van der Waals surface area contributed by atoms with Gasteiger partial charge in [-0.2, -0.15) is 4.31 Å². The van der Waals surface area contributed by atoms with Crippen molar-refractivity contribution >= 4 is 20.0 Å². The summed E-state index contributed by atoms with van der Waals surface area (Å²) in [6.45, 7) is 2.37. The molecule has 1 fully saturated rings. The average Bonchev–Trinajstić information content (AvgIpc) is 3.21. The first-order valence-electron chi connectivity index (χ1n) is 9.43. The van der Waals surface area contributed by atoms with Crippen molar-refractivity contribution in [1.29, 1.82) is 0 Å². The van der Waals surface area contributed by atoms with E-state index in [-0.39, 0.29) is 23.1 Å². The van der Waals surface area contributed by atoms with Gasteiger partial charge >= 0.3 is 0 Å². The number of nitrogens with one attached hydrogen (secondary N) is 1. The number of piperazine rings is 1. The van der Waals surface area contributed by atoms with E-state index >= 15 is 0 Å². The normalized spacial score (nSPS) is 17.9. The largest absolute Gasteiger partial charge is 0.454 e. The van der Waals surface area contributed by atoms with Crippen LogP contribution in [0, 0.1) is 0 Å². The summed E-state index contributed by atoms with van der Waals surface area (Å²) in [5, 5.41) is 0. The van der Waals surface area contributed by atoms with Crippen molar-refractivity contribution in [3.63, 3.8) is 0 Å². The van der Waals surface area contributed by atoms with Gasteiger partial charge in [0.15, 0.2) is 11.5 Å². The maximum atomic E-state index is 12.8. The highest BCUT2D eigenvalue weighted by Gasteiger charge is 2.28. The highest BCUT2D eigenvalue weighted by atomic mass is 32.2. The van der Waals surface area contributed by atoms with E-state index in [0.29, 0.717) is 37.7 Å². The Morgan fingerprint density at radius 2 is 1.50 bits per heavy atom. The molecule has 0 aromatic heterocycles. The second kappa shape index (κ2) is 8.16. The second-order valence-corrected chi connectivity index (χ2v) is 10.9. The van der Waals surface area contributed by atoms with Crippen molar-refractivity contribution in [2.45, 2.75) is 16.3 Å². The van der Waals surface area contributed by atoms with Crippen molar-refractivity contribution in [3.05, 3.63) is 48.0 Å². The first kappa shape index (κ1) is 21.1. The van der Waals surface area contributed by atoms with Crippen molar-refractivity contribution in [2.75, 3.05) is 40.0 Å². The molecule has 0 bridgehead atoms. The van der Waals surface area contributed by atoms with Crippen LogP contribution in [-0.4, -0.2) is 66.1 Å². The number of likely N-dealkylation sites (N-methyl/N-ethyl adjacent to an activating group) is 1. The van der Waals surface area contributed by atoms with Crippen LogP contribution < -0.4 is 14.2 Å². The lowest BCUT2D eigenvalue weighted by atomic mass is 10.2. The number of hydrogen-bond donors (Lipinski definition) is 1. The predicted octanol–water partition coefficient (Wildman–Crippen LogP) is 0.830. The molecular formula is C19H23N3O6S2. The lowest BCUT2D eigenvalue weighted by Gasteiger charge is -2.31. The minimum atomic E-state index is -3.80. The van der Waals surface area contributed by atoms with Gasteiger partial charge in [-0.05, 0) is 49.0 Å². The van der Waals surface area contributed by atoms with Gasteiger partial charge in [-0.25, -0.2) is 21.6 Å². The van der Waals surface area contributed by atoms with Gasteiger partial charge in [0.25, 0.3) is 0 Å². The number of ether oxygens (including phenoxy) is 2. The summed E-state index contributed by atoms with van der Waals surface area (Å²) >= 11 is 0. The van der Waals surface area contributed by atoms with Crippen LogP contribution >= 0.6 is 0 Å². The summed E-state index contributed by atoms with van der Waals surface area (Å²) in [6, 6.07) is 10.5. The molecule has 9 nitrogen and oxygen atoms in total. The van der Waals surface area contributed by atoms with E-state index < -0.39 is 20.0 Å². The highest BCUT2D eigenvalue weighted by molar-refractivity contribution is 7.89. The van der Waals surface area contributed by atoms with Gasteiger partial charge in [0, 0.05) is 32.7 Å². The maximum Gasteiger partial charge on any atom is 0.243 e. The van der Waals surface area contributed by atoms with E-state index in [2.05, 4.69) is 9.62 Å². The van der Waals surface area contributed by atoms with E-state index in [9.17, 15) is 16.8 Å². The Labute approximate surface area is 176 Å². The van der Waals surface area contributed by atoms with Gasteiger partial charge in [0.05, 0.1) is 9.79 Å². The fourth-order valence-electron chi connectivity index (χ4n) is 3.28. The summed E-state index contributed by atoms with van der Waals surface area (Å²) < 4.78 is 65.2. The fourth-order valence-corrected chi connectivity index (χ4v) is 5.72. The molecule has 0 spiro atoms. The van der Waals surface area contributed by atoms with E-state index in [1.165, 1.54) is 28.6 Å². The van der Waals surface area contributed by atoms with Gasteiger partial charge in [-0.3, -0.25) is 0 Å². The van der Waals surface area contributed by atoms with Gasteiger partial charge in [-0.1, -0.05) is 6.07 Å². The van der Waals surface area contributed by atoms with Crippen molar-refractivity contribution in [1.82, 2.24) is 13.9 Å². The molecule has 0 atom stereocenters. The van der Waals surface area contributed by atoms with E-state index in [0.717, 1.165) is 5.56 Å². The lowest BCUT2D eigenvalue weighted by Crippen LogP contribution is -2.47. The number of sulfonamides is 2. The summed E-state index contributed by atoms with van der Waals surface area (Å²) in [5.74, 6) is 1.20. The van der Waals surface area contributed by atoms with Crippen molar-refractivity contribution in [2.24, 2.45) is 0 Å². The SMILES string of the molecule is CN1CCN(S(=O)(=O)c2ccc(S(=O)(=O)NCc3ccc4c(c3)OCO4)cc2)CC1. The zero-order valence-corrected chi connectivity index (χ0v) is 18.1. The molecule has 0 radical (unpaired) electrons. The molecule has 2 aromatic carbocycles. The zero-order chi connectivity index (χ0) is 21.4. The number of fused-ring (bicyclic) bond motifs is 1. The van der Waals surface area contributed by atoms with Crippen LogP contribution in [0.3, 0.4) is 0 Å². The van der Waals surface area contributed by atoms with Crippen LogP contribution in [0.1, 0.15) is 5.56 Å². The van der Waals surface area contributed by atoms with E-state index in [1.807, 2.05) is 7.05 Å². The standard InChI is InChI=1S/C19H23N3O6S2/c1-21-8-10-22(11-9-21)30(25,26)17-5-3-16(4-6-17)29(23,24)20-13-15-2-7-18-19(12-15)28-14-27-18/h2-7,12,20H,8-11,13-14H2,1H3. The molecule has 162 valence electrons. The second-order valence-electron chi connectivity index (χ2n) is 7.19. The van der Waals surface area contributed by atoms with E-state index in [4.69, 9.17) is 9.47 Å². The maximum absolute atomic E-state index is 12.8. The molecule has 2 aliphatic rings. The molecule has 0 aliphatic carbocycles. The monoisotopic (exact) mass is 453 g/mol. The molecule has 2 heterocycles. The quantitative estimate of drug-likeness (QED) is 0.691. The predicted molar refractivity (Wildman–Crippen MR) is 109 cm³/mol. The molecule has 2 aliphatic heterocycles. The molecule has 1 N–H and O–H groups in total. The number of benzene rings is 2. The summed E-state index contributed by atoms with van der Waals surface area (Å²) in [7, 11) is -5.50. The highest BCUT2D eigenvalue weighted by Crippen LogP contribution is 2.32. The third-order valence-electron chi connectivity index (χ3n) is 5.14. The van der Waals surface area contributed by atoms with Crippen LogP contribution in [0.25, 0.3) is 0 Å². The van der Waals surface area contributed by atoms with Crippen LogP contribution in [0.15, 0.2) is 52.3 Å². The fraction of sp³-hybridized carbons (Fsp3) is 0.368. The first-order valence-corrected chi connectivity index (χ1v) is 12.3. The third kappa shape index (κ3) is 4.30. The Morgan fingerprint density at radius 1 is 0.867 bits per heavy atom. The molecule has 0 amide bonds. The summed E-state index contributed by atoms with van der Waals surface area (Å²) in [6.07, 6.45) is 0. The molecule has 2 aromatic rings. The van der Waals surface area contributed by atoms with Crippen molar-refractivity contribution < 1.29 is 26.3 Å². The Hall–Kier alpha value is -2.18. The summed E-state index contributed by atoms with van der Waals surface area (Å²) in [4.78, 5) is 2.15. The van der Waals surface area contributed by atoms with Crippen LogP contribution in [-0.2, 0) is 26.6 Å². The van der Waals surface area contributed by atoms with E-state index in [1.54, 1.807) is 18.2 Å². The lowest BCUT2D eigenvalue weighted by molar-refractivity contribution is 0.174. The van der Waals surface area contributed by atoms with Crippen LogP contribution in [0.2, 0.25) is 0 Å². The average molecular weight is 454 g/mol. The molecule has 30 heavy (non-hydrogen) atoms. The Balaban J connectivity index is 1.45. The summed E-state index contributed by atoms with van der Waals surface area (Å²) in [5.41, 5.74) is 0.720. The minimum absolute atomic E-state index is 0.000529. The number of hydrogen-bond acceptors (Lipinski definition) is 7. The van der Waals surface area contributed by atoms with Crippen LogP contribution in [0.5, 0.6) is 11.5 Å². The molecule has 1 saturated heterocycles. The molecule has 4 rings (SSSR count). The molecular weight excluding hydrogens is 430 g/mol. The zero-order valence-electron chi connectivity index (χ0n) is 16.4. The number of rotatable bonds is 6. The van der Waals surface area contributed by atoms with Gasteiger partial charge in [-0.15, -0.1) is 0 Å². The minimum Gasteiger partial charge on any atom is -0.454 e. The number of nitrogens with zero attached hydrogens (tertiary/aromatic N) is 2. The van der Waals surface area contributed by atoms with Gasteiger partial charge in [0.2, 0.25) is 26.8 Å². The Morgan fingerprint density at radius 3 is 2.20 bits per heavy atom. The topological polar surface area (TPSA) is 105 Å². The van der Waals surface area contributed by atoms with Crippen molar-refractivity contribution in [3.8, 4) is 11.5 Å². The van der Waals surface area contributed by atoms with Crippen LogP contribution in [0.4, 0.5) is 0 Å². The Bertz CT molecular complexity index is 1130. The molecule has 11 heteroatoms. The molecule has 0 unspecified atom stereocenters. The molecule has 0 saturated carbocycles. The third-order valence-corrected chi connectivity index (χ3v) is 8.47. The first-order chi connectivity index (χ1) is 14.3.